The summed E-state index contributed by atoms with van der Waals surface area (Å²) in [4.78, 5) is 25.2. The highest BCUT2D eigenvalue weighted by atomic mass is 35.5. The number of carbonyl (C=O) groups is 2. The number of sulfone groups is 1. The largest absolute Gasteiger partial charge is 0.349 e. The van der Waals surface area contributed by atoms with E-state index in [1.807, 2.05) is 0 Å². The smallest absolute Gasteiger partial charge is 0.251 e. The molecule has 2 atom stereocenters. The van der Waals surface area contributed by atoms with Crippen LogP contribution in [0.4, 0.5) is 0 Å². The zero-order valence-corrected chi connectivity index (χ0v) is 16.9. The molecule has 1 saturated heterocycles. The van der Waals surface area contributed by atoms with Gasteiger partial charge >= 0.3 is 0 Å². The Morgan fingerprint density at radius 2 is 1.82 bits per heavy atom. The third kappa shape index (κ3) is 3.34. The SMILES string of the molecule is CC1CNCCC1NC(=O)c1ccc2c(c1)S(=O)(=O)c1ccccc1C2=O.Cl. The van der Waals surface area contributed by atoms with Crippen molar-refractivity contribution in [3.8, 4) is 0 Å². The predicted molar refractivity (Wildman–Crippen MR) is 107 cm³/mol. The van der Waals surface area contributed by atoms with Crippen LogP contribution in [0.5, 0.6) is 0 Å². The number of hydrogen-bond donors (Lipinski definition) is 2. The lowest BCUT2D eigenvalue weighted by Crippen LogP contribution is -2.48. The van der Waals surface area contributed by atoms with Gasteiger partial charge in [-0.25, -0.2) is 8.42 Å². The Bertz CT molecular complexity index is 1050. The van der Waals surface area contributed by atoms with Gasteiger partial charge in [-0.05, 0) is 55.8 Å². The topological polar surface area (TPSA) is 92.3 Å². The number of halogens is 1. The number of hydrogen-bond acceptors (Lipinski definition) is 5. The molecule has 2 aliphatic heterocycles. The highest BCUT2D eigenvalue weighted by Crippen LogP contribution is 2.34. The van der Waals surface area contributed by atoms with Crippen LogP contribution in [0, 0.1) is 5.92 Å². The van der Waals surface area contributed by atoms with Gasteiger partial charge in [0.1, 0.15) is 0 Å². The van der Waals surface area contributed by atoms with E-state index >= 15 is 0 Å². The van der Waals surface area contributed by atoms with E-state index < -0.39 is 9.84 Å². The molecule has 0 saturated carbocycles. The quantitative estimate of drug-likeness (QED) is 0.663. The van der Waals surface area contributed by atoms with Crippen molar-refractivity contribution in [1.82, 2.24) is 10.6 Å². The molecule has 28 heavy (non-hydrogen) atoms. The van der Waals surface area contributed by atoms with Crippen molar-refractivity contribution in [3.63, 3.8) is 0 Å². The third-order valence-corrected chi connectivity index (χ3v) is 7.15. The van der Waals surface area contributed by atoms with Gasteiger partial charge < -0.3 is 10.6 Å². The molecule has 8 heteroatoms. The molecule has 2 unspecified atom stereocenters. The van der Waals surface area contributed by atoms with Gasteiger partial charge in [0.25, 0.3) is 5.91 Å². The minimum atomic E-state index is -3.84. The van der Waals surface area contributed by atoms with Gasteiger partial charge in [0.05, 0.1) is 9.79 Å². The summed E-state index contributed by atoms with van der Waals surface area (Å²) in [5.41, 5.74) is 0.529. The lowest BCUT2D eigenvalue weighted by Gasteiger charge is -2.30. The van der Waals surface area contributed by atoms with Crippen LogP contribution in [0.3, 0.4) is 0 Å². The third-order valence-electron chi connectivity index (χ3n) is 5.30. The summed E-state index contributed by atoms with van der Waals surface area (Å²) in [6, 6.07) is 10.5. The zero-order chi connectivity index (χ0) is 19.2. The second-order valence-electron chi connectivity index (χ2n) is 7.09. The molecule has 4 rings (SSSR count). The number of fused-ring (bicyclic) bond motifs is 2. The van der Waals surface area contributed by atoms with E-state index in [4.69, 9.17) is 0 Å². The fourth-order valence-electron chi connectivity index (χ4n) is 3.71. The van der Waals surface area contributed by atoms with Gasteiger partial charge in [0, 0.05) is 22.7 Å². The maximum Gasteiger partial charge on any atom is 0.251 e. The van der Waals surface area contributed by atoms with Gasteiger partial charge in [-0.3, -0.25) is 9.59 Å². The number of amides is 1. The van der Waals surface area contributed by atoms with E-state index in [1.54, 1.807) is 12.1 Å². The molecule has 0 radical (unpaired) electrons. The molecule has 0 spiro atoms. The summed E-state index contributed by atoms with van der Waals surface area (Å²) >= 11 is 0. The van der Waals surface area contributed by atoms with Crippen LogP contribution >= 0.6 is 12.4 Å². The van der Waals surface area contributed by atoms with Crippen molar-refractivity contribution in [3.05, 3.63) is 59.2 Å². The second kappa shape index (κ2) is 7.66. The maximum atomic E-state index is 13.0. The lowest BCUT2D eigenvalue weighted by atomic mass is 9.95. The number of ketones is 1. The molecule has 2 aromatic carbocycles. The van der Waals surface area contributed by atoms with Crippen molar-refractivity contribution in [2.24, 2.45) is 5.92 Å². The first-order chi connectivity index (χ1) is 12.9. The van der Waals surface area contributed by atoms with Crippen LogP contribution < -0.4 is 10.6 Å². The Morgan fingerprint density at radius 1 is 1.11 bits per heavy atom. The first kappa shape index (κ1) is 20.5. The molecule has 1 fully saturated rings. The van der Waals surface area contributed by atoms with Gasteiger partial charge in [-0.2, -0.15) is 0 Å². The van der Waals surface area contributed by atoms with Gasteiger partial charge in [-0.15, -0.1) is 12.4 Å². The molecule has 6 nitrogen and oxygen atoms in total. The van der Waals surface area contributed by atoms with E-state index in [0.717, 1.165) is 19.5 Å². The Morgan fingerprint density at radius 3 is 2.57 bits per heavy atom. The van der Waals surface area contributed by atoms with Crippen LogP contribution in [0.1, 0.15) is 39.6 Å². The molecule has 0 aliphatic carbocycles. The van der Waals surface area contributed by atoms with Crippen LogP contribution in [-0.4, -0.2) is 39.2 Å². The first-order valence-electron chi connectivity index (χ1n) is 8.94. The van der Waals surface area contributed by atoms with Crippen molar-refractivity contribution in [2.75, 3.05) is 13.1 Å². The van der Waals surface area contributed by atoms with Gasteiger partial charge in [-0.1, -0.05) is 19.1 Å². The molecule has 0 aromatic heterocycles. The average molecular weight is 421 g/mol. The van der Waals surface area contributed by atoms with Crippen LogP contribution in [-0.2, 0) is 9.84 Å². The van der Waals surface area contributed by atoms with E-state index in [2.05, 4.69) is 17.6 Å². The van der Waals surface area contributed by atoms with Crippen molar-refractivity contribution >= 4 is 33.9 Å². The van der Waals surface area contributed by atoms with Crippen molar-refractivity contribution in [1.29, 1.82) is 0 Å². The number of rotatable bonds is 2. The predicted octanol–water partition coefficient (Wildman–Crippen LogP) is 2.21. The Labute approximate surface area is 170 Å². The lowest BCUT2D eigenvalue weighted by molar-refractivity contribution is 0.0912. The van der Waals surface area contributed by atoms with E-state index in [9.17, 15) is 18.0 Å². The fraction of sp³-hybridized carbons (Fsp3) is 0.300. The van der Waals surface area contributed by atoms with Crippen molar-refractivity contribution in [2.45, 2.75) is 29.2 Å². The summed E-state index contributed by atoms with van der Waals surface area (Å²) in [6.45, 7) is 3.72. The fourth-order valence-corrected chi connectivity index (χ4v) is 5.38. The highest BCUT2D eigenvalue weighted by molar-refractivity contribution is 7.91. The molecule has 2 N–H and O–H groups in total. The number of benzene rings is 2. The summed E-state index contributed by atoms with van der Waals surface area (Å²) in [7, 11) is -3.84. The molecular weight excluding hydrogens is 400 g/mol. The Kier molecular flexibility index (Phi) is 5.61. The van der Waals surface area contributed by atoms with Crippen LogP contribution in [0.25, 0.3) is 0 Å². The van der Waals surface area contributed by atoms with Gasteiger partial charge in [0.15, 0.2) is 5.78 Å². The standard InChI is InChI=1S/C20H20N2O4S.ClH/c1-12-11-21-9-8-16(12)22-20(24)13-6-7-15-18(10-13)27(25,26)17-5-3-2-4-14(17)19(15)23;/h2-7,10,12,16,21H,8-9,11H2,1H3,(H,22,24);1H. The second-order valence-corrected chi connectivity index (χ2v) is 8.98. The van der Waals surface area contributed by atoms with E-state index in [0.29, 0.717) is 0 Å². The monoisotopic (exact) mass is 420 g/mol. The highest BCUT2D eigenvalue weighted by Gasteiger charge is 2.35. The molecule has 148 valence electrons. The van der Waals surface area contributed by atoms with E-state index in [1.165, 1.54) is 30.3 Å². The minimum absolute atomic E-state index is 0. The van der Waals surface area contributed by atoms with Gasteiger partial charge in [0.2, 0.25) is 9.84 Å². The molecular formula is C20H21ClN2O4S. The summed E-state index contributed by atoms with van der Waals surface area (Å²) < 4.78 is 25.9. The first-order valence-corrected chi connectivity index (χ1v) is 10.4. The molecule has 1 amide bonds. The Balaban J connectivity index is 0.00000225. The van der Waals surface area contributed by atoms with Crippen LogP contribution in [0.15, 0.2) is 52.3 Å². The summed E-state index contributed by atoms with van der Waals surface area (Å²) in [6.07, 6.45) is 0.821. The Hall–Kier alpha value is -2.22. The zero-order valence-electron chi connectivity index (χ0n) is 15.3. The molecule has 2 heterocycles. The van der Waals surface area contributed by atoms with Crippen LogP contribution in [0.2, 0.25) is 0 Å². The summed E-state index contributed by atoms with van der Waals surface area (Å²) in [5, 5.41) is 6.27. The summed E-state index contributed by atoms with van der Waals surface area (Å²) in [5.74, 6) is -0.370. The maximum absolute atomic E-state index is 13.0. The average Bonchev–Trinajstić information content (AvgIpc) is 2.68. The normalized spacial score (nSPS) is 22.4. The minimum Gasteiger partial charge on any atom is -0.349 e. The van der Waals surface area contributed by atoms with E-state index in [-0.39, 0.29) is 62.5 Å². The number of nitrogens with one attached hydrogen (secondary N) is 2. The van der Waals surface area contributed by atoms with Crippen molar-refractivity contribution < 1.29 is 18.0 Å². The number of piperidine rings is 1. The molecule has 0 bridgehead atoms. The molecule has 2 aliphatic rings. The number of carbonyl (C=O) groups excluding carboxylic acids is 2. The molecule has 2 aromatic rings.